The normalized spacial score (nSPS) is 13.1. The van der Waals surface area contributed by atoms with E-state index in [1.54, 1.807) is 0 Å². The maximum Gasteiger partial charge on any atom is 0.0945 e. The fourth-order valence-electron chi connectivity index (χ4n) is 1.23. The highest BCUT2D eigenvalue weighted by Crippen LogP contribution is 2.01. The van der Waals surface area contributed by atoms with Crippen molar-refractivity contribution in [3.8, 4) is 0 Å². The summed E-state index contributed by atoms with van der Waals surface area (Å²) >= 11 is 1.90. The van der Waals surface area contributed by atoms with Gasteiger partial charge >= 0.3 is 0 Å². The molecular formula is C10H19N3S. The average Bonchev–Trinajstić information content (AvgIpc) is 2.58. The molecule has 0 amide bonds. The van der Waals surface area contributed by atoms with Crippen molar-refractivity contribution in [1.82, 2.24) is 14.9 Å². The van der Waals surface area contributed by atoms with Crippen LogP contribution in [0.2, 0.25) is 0 Å². The molecule has 80 valence electrons. The second-order valence-electron chi connectivity index (χ2n) is 3.56. The Morgan fingerprint density at radius 3 is 3.00 bits per heavy atom. The van der Waals surface area contributed by atoms with E-state index in [1.807, 2.05) is 35.9 Å². The second kappa shape index (κ2) is 6.09. The number of aromatic nitrogens is 2. The molecule has 0 aliphatic carbocycles. The van der Waals surface area contributed by atoms with E-state index >= 15 is 0 Å². The predicted molar refractivity (Wildman–Crippen MR) is 62.5 cm³/mol. The molecule has 1 aromatic rings. The minimum atomic E-state index is 0.581. The van der Waals surface area contributed by atoms with Crippen LogP contribution in [0.15, 0.2) is 12.5 Å². The Balaban J connectivity index is 2.23. The van der Waals surface area contributed by atoms with Crippen LogP contribution in [0.3, 0.4) is 0 Å². The van der Waals surface area contributed by atoms with Crippen LogP contribution in [-0.2, 0) is 13.6 Å². The number of imidazole rings is 1. The molecule has 4 heteroatoms. The Bertz CT molecular complexity index is 260. The summed E-state index contributed by atoms with van der Waals surface area (Å²) in [7, 11) is 2.02. The molecule has 0 spiro atoms. The molecule has 0 radical (unpaired) electrons. The molecule has 0 saturated heterocycles. The minimum Gasteiger partial charge on any atom is -0.337 e. The molecule has 1 atom stereocenters. The smallest absolute Gasteiger partial charge is 0.0945 e. The molecule has 1 aromatic heterocycles. The van der Waals surface area contributed by atoms with E-state index in [9.17, 15) is 0 Å². The monoisotopic (exact) mass is 213 g/mol. The van der Waals surface area contributed by atoms with E-state index in [4.69, 9.17) is 0 Å². The van der Waals surface area contributed by atoms with Crippen molar-refractivity contribution >= 4 is 11.8 Å². The van der Waals surface area contributed by atoms with E-state index in [0.29, 0.717) is 6.04 Å². The van der Waals surface area contributed by atoms with Gasteiger partial charge in [0.25, 0.3) is 0 Å². The van der Waals surface area contributed by atoms with E-state index in [2.05, 4.69) is 23.5 Å². The topological polar surface area (TPSA) is 29.9 Å². The molecule has 1 N–H and O–H groups in total. The lowest BCUT2D eigenvalue weighted by Crippen LogP contribution is -2.26. The van der Waals surface area contributed by atoms with Gasteiger partial charge in [-0.1, -0.05) is 0 Å². The fraction of sp³-hybridized carbons (Fsp3) is 0.700. The van der Waals surface area contributed by atoms with Crippen molar-refractivity contribution in [1.29, 1.82) is 0 Å². The third-order valence-corrected chi connectivity index (χ3v) is 2.95. The molecule has 1 rings (SSSR count). The Kier molecular flexibility index (Phi) is 5.04. The first kappa shape index (κ1) is 11.6. The number of nitrogens with zero attached hydrogens (tertiary/aromatic N) is 2. The van der Waals surface area contributed by atoms with Crippen molar-refractivity contribution in [3.63, 3.8) is 0 Å². The molecule has 0 aromatic carbocycles. The van der Waals surface area contributed by atoms with Gasteiger partial charge < -0.3 is 9.88 Å². The first-order valence-electron chi connectivity index (χ1n) is 4.91. The molecule has 1 unspecified atom stereocenters. The molecule has 0 bridgehead atoms. The lowest BCUT2D eigenvalue weighted by molar-refractivity contribution is 0.525. The molecule has 1 heterocycles. The molecule has 0 aliphatic heterocycles. The zero-order valence-electron chi connectivity index (χ0n) is 9.16. The Morgan fingerprint density at radius 1 is 1.64 bits per heavy atom. The van der Waals surface area contributed by atoms with Gasteiger partial charge in [-0.25, -0.2) is 4.98 Å². The molecule has 0 aliphatic rings. The SMILES string of the molecule is CSCCC(C)NCc1cncn1C. The van der Waals surface area contributed by atoms with E-state index in [1.165, 1.54) is 17.9 Å². The lowest BCUT2D eigenvalue weighted by Gasteiger charge is -2.12. The highest BCUT2D eigenvalue weighted by Gasteiger charge is 2.02. The second-order valence-corrected chi connectivity index (χ2v) is 4.54. The summed E-state index contributed by atoms with van der Waals surface area (Å²) in [5.74, 6) is 1.22. The van der Waals surface area contributed by atoms with Gasteiger partial charge in [-0.2, -0.15) is 11.8 Å². The molecule has 0 fully saturated rings. The van der Waals surface area contributed by atoms with Crippen LogP contribution in [-0.4, -0.2) is 27.6 Å². The largest absolute Gasteiger partial charge is 0.337 e. The zero-order valence-corrected chi connectivity index (χ0v) is 9.97. The first-order valence-corrected chi connectivity index (χ1v) is 6.31. The number of rotatable bonds is 6. The van der Waals surface area contributed by atoms with Crippen molar-refractivity contribution < 1.29 is 0 Å². The van der Waals surface area contributed by atoms with Gasteiger partial charge in [0, 0.05) is 25.8 Å². The van der Waals surface area contributed by atoms with Gasteiger partial charge in [-0.05, 0) is 25.4 Å². The molecular weight excluding hydrogens is 194 g/mol. The third kappa shape index (κ3) is 3.72. The molecule has 3 nitrogen and oxygen atoms in total. The van der Waals surface area contributed by atoms with Gasteiger partial charge in [0.05, 0.1) is 12.0 Å². The van der Waals surface area contributed by atoms with Crippen LogP contribution < -0.4 is 5.32 Å². The Hall–Kier alpha value is -0.480. The maximum atomic E-state index is 4.08. The average molecular weight is 213 g/mol. The summed E-state index contributed by atoms with van der Waals surface area (Å²) in [6.07, 6.45) is 7.12. The maximum absolute atomic E-state index is 4.08. The van der Waals surface area contributed by atoms with E-state index in [0.717, 1.165) is 6.54 Å². The highest BCUT2D eigenvalue weighted by atomic mass is 32.2. The number of aryl methyl sites for hydroxylation is 1. The lowest BCUT2D eigenvalue weighted by atomic mass is 10.2. The van der Waals surface area contributed by atoms with Gasteiger partial charge in [0.15, 0.2) is 0 Å². The van der Waals surface area contributed by atoms with Gasteiger partial charge in [0.1, 0.15) is 0 Å². The quantitative estimate of drug-likeness (QED) is 0.779. The Labute approximate surface area is 90.3 Å². The number of nitrogens with one attached hydrogen (secondary N) is 1. The number of hydrogen-bond donors (Lipinski definition) is 1. The van der Waals surface area contributed by atoms with Crippen LogP contribution in [0, 0.1) is 0 Å². The number of hydrogen-bond acceptors (Lipinski definition) is 3. The van der Waals surface area contributed by atoms with Crippen molar-refractivity contribution in [3.05, 3.63) is 18.2 Å². The van der Waals surface area contributed by atoms with Gasteiger partial charge in [-0.3, -0.25) is 0 Å². The van der Waals surface area contributed by atoms with Gasteiger partial charge in [0.2, 0.25) is 0 Å². The van der Waals surface area contributed by atoms with Gasteiger partial charge in [-0.15, -0.1) is 0 Å². The van der Waals surface area contributed by atoms with Crippen molar-refractivity contribution in [2.45, 2.75) is 25.9 Å². The van der Waals surface area contributed by atoms with Crippen LogP contribution >= 0.6 is 11.8 Å². The third-order valence-electron chi connectivity index (χ3n) is 2.30. The van der Waals surface area contributed by atoms with Crippen LogP contribution in [0.4, 0.5) is 0 Å². The predicted octanol–water partition coefficient (Wildman–Crippen LogP) is 1.65. The minimum absolute atomic E-state index is 0.581. The fourth-order valence-corrected chi connectivity index (χ4v) is 1.82. The van der Waals surface area contributed by atoms with Crippen molar-refractivity contribution in [2.24, 2.45) is 7.05 Å². The molecule has 0 saturated carbocycles. The van der Waals surface area contributed by atoms with Crippen LogP contribution in [0.1, 0.15) is 19.0 Å². The van der Waals surface area contributed by atoms with Crippen molar-refractivity contribution in [2.75, 3.05) is 12.0 Å². The Morgan fingerprint density at radius 2 is 2.43 bits per heavy atom. The van der Waals surface area contributed by atoms with Crippen LogP contribution in [0.25, 0.3) is 0 Å². The first-order chi connectivity index (χ1) is 6.74. The summed E-state index contributed by atoms with van der Waals surface area (Å²) in [6.45, 7) is 3.14. The zero-order chi connectivity index (χ0) is 10.4. The number of thioether (sulfide) groups is 1. The summed E-state index contributed by atoms with van der Waals surface area (Å²) in [6, 6.07) is 0.581. The highest BCUT2D eigenvalue weighted by molar-refractivity contribution is 7.98. The van der Waals surface area contributed by atoms with Crippen LogP contribution in [0.5, 0.6) is 0 Å². The molecule has 14 heavy (non-hydrogen) atoms. The summed E-state index contributed by atoms with van der Waals surface area (Å²) < 4.78 is 2.05. The standard InChI is InChI=1S/C10H19N3S/c1-9(4-5-14-3)12-7-10-6-11-8-13(10)2/h6,8-9,12H,4-5,7H2,1-3H3. The van der Waals surface area contributed by atoms with E-state index < -0.39 is 0 Å². The summed E-state index contributed by atoms with van der Waals surface area (Å²) in [5, 5.41) is 3.49. The summed E-state index contributed by atoms with van der Waals surface area (Å²) in [5.41, 5.74) is 1.24. The van der Waals surface area contributed by atoms with E-state index in [-0.39, 0.29) is 0 Å². The summed E-state index contributed by atoms with van der Waals surface area (Å²) in [4.78, 5) is 4.08.